The summed E-state index contributed by atoms with van der Waals surface area (Å²) in [5.74, 6) is -2.37. The van der Waals surface area contributed by atoms with Crippen molar-refractivity contribution in [1.29, 1.82) is 0 Å². The van der Waals surface area contributed by atoms with Gasteiger partial charge in [-0.25, -0.2) is 9.18 Å². The van der Waals surface area contributed by atoms with Gasteiger partial charge in [-0.3, -0.25) is 4.79 Å². The summed E-state index contributed by atoms with van der Waals surface area (Å²) in [6.07, 6.45) is 0.930. The van der Waals surface area contributed by atoms with Crippen LogP contribution < -0.4 is 5.32 Å². The van der Waals surface area contributed by atoms with Crippen molar-refractivity contribution in [2.45, 2.75) is 32.7 Å². The van der Waals surface area contributed by atoms with Crippen molar-refractivity contribution in [3.8, 4) is 0 Å². The van der Waals surface area contributed by atoms with Crippen LogP contribution in [0.1, 0.15) is 35.9 Å². The number of aryl methyl sites for hydroxylation is 1. The van der Waals surface area contributed by atoms with E-state index in [0.29, 0.717) is 23.8 Å². The van der Waals surface area contributed by atoms with Gasteiger partial charge in [-0.15, -0.1) is 0 Å². The Morgan fingerprint density at radius 3 is 2.71 bits per heavy atom. The van der Waals surface area contributed by atoms with E-state index >= 15 is 0 Å². The van der Waals surface area contributed by atoms with Gasteiger partial charge in [0.05, 0.1) is 0 Å². The Bertz CT molecular complexity index is 692. The second-order valence-corrected chi connectivity index (χ2v) is 4.83. The summed E-state index contributed by atoms with van der Waals surface area (Å²) in [5, 5.41) is 12.0. The number of hydrogen-bond donors (Lipinski definition) is 2. The number of rotatable bonds is 5. The maximum atomic E-state index is 13.6. The highest BCUT2D eigenvalue weighted by atomic mass is 19.1. The van der Waals surface area contributed by atoms with E-state index in [-0.39, 0.29) is 11.3 Å². The lowest BCUT2D eigenvalue weighted by Gasteiger charge is -2.12. The molecule has 0 bridgehead atoms. The molecule has 5 nitrogen and oxygen atoms in total. The fourth-order valence-electron chi connectivity index (χ4n) is 2.20. The van der Waals surface area contributed by atoms with Gasteiger partial charge in [-0.05, 0) is 19.4 Å². The van der Waals surface area contributed by atoms with Crippen molar-refractivity contribution in [1.82, 2.24) is 5.32 Å². The van der Waals surface area contributed by atoms with Crippen LogP contribution in [-0.2, 0) is 4.79 Å². The molecule has 0 unspecified atom stereocenters. The number of carboxylic acids is 1. The van der Waals surface area contributed by atoms with Crippen molar-refractivity contribution in [3.05, 3.63) is 35.3 Å². The molecule has 1 amide bonds. The average Bonchev–Trinajstić information content (AvgIpc) is 2.77. The second-order valence-electron chi connectivity index (χ2n) is 4.83. The quantitative estimate of drug-likeness (QED) is 0.888. The summed E-state index contributed by atoms with van der Waals surface area (Å²) < 4.78 is 18.9. The third-order valence-electron chi connectivity index (χ3n) is 3.30. The van der Waals surface area contributed by atoms with Crippen LogP contribution in [0, 0.1) is 12.7 Å². The van der Waals surface area contributed by atoms with Gasteiger partial charge in [-0.2, -0.15) is 0 Å². The summed E-state index contributed by atoms with van der Waals surface area (Å²) in [6, 6.07) is 3.43. The third kappa shape index (κ3) is 2.89. The van der Waals surface area contributed by atoms with Crippen LogP contribution >= 0.6 is 0 Å². The van der Waals surface area contributed by atoms with Crippen LogP contribution in [0.25, 0.3) is 11.0 Å². The molecule has 0 radical (unpaired) electrons. The van der Waals surface area contributed by atoms with Crippen molar-refractivity contribution in [2.75, 3.05) is 0 Å². The maximum absolute atomic E-state index is 13.6. The number of carbonyl (C=O) groups excluding carboxylic acids is 1. The van der Waals surface area contributed by atoms with Crippen molar-refractivity contribution in [2.24, 2.45) is 0 Å². The first-order chi connectivity index (χ1) is 9.95. The molecule has 1 aromatic carbocycles. The Kier molecular flexibility index (Phi) is 4.26. The Balaban J connectivity index is 2.33. The van der Waals surface area contributed by atoms with Gasteiger partial charge in [0.1, 0.15) is 6.04 Å². The molecule has 1 atom stereocenters. The molecule has 1 aromatic heterocycles. The summed E-state index contributed by atoms with van der Waals surface area (Å²) >= 11 is 0. The predicted molar refractivity (Wildman–Crippen MR) is 74.7 cm³/mol. The molecule has 0 saturated carbocycles. The lowest BCUT2D eigenvalue weighted by molar-refractivity contribution is -0.139. The smallest absolute Gasteiger partial charge is 0.326 e. The monoisotopic (exact) mass is 293 g/mol. The van der Waals surface area contributed by atoms with Gasteiger partial charge in [0.15, 0.2) is 17.2 Å². The number of carbonyl (C=O) groups is 2. The number of aliphatic carboxylic acids is 1. The summed E-state index contributed by atoms with van der Waals surface area (Å²) in [4.78, 5) is 23.2. The number of para-hydroxylation sites is 1. The highest BCUT2D eigenvalue weighted by Crippen LogP contribution is 2.27. The largest absolute Gasteiger partial charge is 0.480 e. The number of amides is 1. The summed E-state index contributed by atoms with van der Waals surface area (Å²) in [6.45, 7) is 3.46. The van der Waals surface area contributed by atoms with Crippen LogP contribution in [0.5, 0.6) is 0 Å². The summed E-state index contributed by atoms with van der Waals surface area (Å²) in [5.41, 5.74) is 0.491. The van der Waals surface area contributed by atoms with E-state index in [1.54, 1.807) is 13.0 Å². The fraction of sp³-hybridized carbons (Fsp3) is 0.333. The molecular weight excluding hydrogens is 277 g/mol. The molecule has 21 heavy (non-hydrogen) atoms. The van der Waals surface area contributed by atoms with Gasteiger partial charge in [-0.1, -0.05) is 25.5 Å². The Labute approximate surface area is 120 Å². The summed E-state index contributed by atoms with van der Waals surface area (Å²) in [7, 11) is 0. The minimum absolute atomic E-state index is 0.00233. The van der Waals surface area contributed by atoms with Gasteiger partial charge >= 0.3 is 5.97 Å². The van der Waals surface area contributed by atoms with Gasteiger partial charge in [0.25, 0.3) is 5.91 Å². The molecule has 0 spiro atoms. The molecule has 1 heterocycles. The Morgan fingerprint density at radius 2 is 2.14 bits per heavy atom. The lowest BCUT2D eigenvalue weighted by Crippen LogP contribution is -2.40. The number of fused-ring (bicyclic) bond motifs is 1. The van der Waals surface area contributed by atoms with E-state index in [2.05, 4.69) is 5.32 Å². The van der Waals surface area contributed by atoms with Crippen molar-refractivity contribution in [3.63, 3.8) is 0 Å². The SMILES string of the molecule is CCC[C@@H](NC(=O)c1oc2c(F)cccc2c1C)C(=O)O. The van der Waals surface area contributed by atoms with Crippen molar-refractivity contribution >= 4 is 22.8 Å². The Hall–Kier alpha value is -2.37. The highest BCUT2D eigenvalue weighted by molar-refractivity contribution is 6.00. The van der Waals surface area contributed by atoms with Crippen LogP contribution in [0.4, 0.5) is 4.39 Å². The number of benzene rings is 1. The zero-order valence-electron chi connectivity index (χ0n) is 11.8. The van der Waals surface area contributed by atoms with E-state index in [0.717, 1.165) is 0 Å². The second kappa shape index (κ2) is 5.95. The highest BCUT2D eigenvalue weighted by Gasteiger charge is 2.24. The molecule has 0 aliphatic heterocycles. The molecule has 0 saturated heterocycles. The van der Waals surface area contributed by atoms with Crippen LogP contribution in [0.15, 0.2) is 22.6 Å². The fourth-order valence-corrected chi connectivity index (χ4v) is 2.20. The van der Waals surface area contributed by atoms with Crippen molar-refractivity contribution < 1.29 is 23.5 Å². The van der Waals surface area contributed by atoms with Gasteiger partial charge < -0.3 is 14.8 Å². The third-order valence-corrected chi connectivity index (χ3v) is 3.30. The van der Waals surface area contributed by atoms with Gasteiger partial charge in [0.2, 0.25) is 0 Å². The molecular formula is C15H16FNO4. The normalized spacial score (nSPS) is 12.3. The van der Waals surface area contributed by atoms with E-state index in [4.69, 9.17) is 9.52 Å². The zero-order chi connectivity index (χ0) is 15.6. The number of furan rings is 1. The van der Waals surface area contributed by atoms with E-state index < -0.39 is 23.7 Å². The molecule has 0 aliphatic rings. The molecule has 0 fully saturated rings. The predicted octanol–water partition coefficient (Wildman–Crippen LogP) is 2.86. The average molecular weight is 293 g/mol. The first kappa shape index (κ1) is 15.0. The van der Waals surface area contributed by atoms with Crippen LogP contribution in [0.2, 0.25) is 0 Å². The minimum atomic E-state index is -1.11. The molecule has 2 rings (SSSR count). The van der Waals surface area contributed by atoms with Crippen LogP contribution in [0.3, 0.4) is 0 Å². The lowest BCUT2D eigenvalue weighted by atomic mass is 10.1. The van der Waals surface area contributed by atoms with Crippen LogP contribution in [-0.4, -0.2) is 23.0 Å². The topological polar surface area (TPSA) is 79.5 Å². The first-order valence-corrected chi connectivity index (χ1v) is 6.67. The Morgan fingerprint density at radius 1 is 1.43 bits per heavy atom. The maximum Gasteiger partial charge on any atom is 0.326 e. The molecule has 0 aliphatic carbocycles. The molecule has 2 aromatic rings. The zero-order valence-corrected chi connectivity index (χ0v) is 11.8. The first-order valence-electron chi connectivity index (χ1n) is 6.67. The molecule has 2 N–H and O–H groups in total. The number of halogens is 1. The standard InChI is InChI=1S/C15H16FNO4/c1-3-5-11(15(19)20)17-14(18)12-8(2)9-6-4-7-10(16)13(9)21-12/h4,6-7,11H,3,5H2,1-2H3,(H,17,18)(H,19,20)/t11-/m1/s1. The van der Waals surface area contributed by atoms with E-state index in [9.17, 15) is 14.0 Å². The number of hydrogen-bond acceptors (Lipinski definition) is 3. The number of carboxylic acid groups (broad SMARTS) is 1. The minimum Gasteiger partial charge on any atom is -0.480 e. The van der Waals surface area contributed by atoms with E-state index in [1.165, 1.54) is 12.1 Å². The molecule has 112 valence electrons. The number of nitrogens with one attached hydrogen (secondary N) is 1. The van der Waals surface area contributed by atoms with E-state index in [1.807, 2.05) is 6.92 Å². The molecule has 6 heteroatoms. The van der Waals surface area contributed by atoms with Gasteiger partial charge in [0, 0.05) is 10.9 Å².